The van der Waals surface area contributed by atoms with E-state index in [1.807, 2.05) is 6.92 Å². The fraction of sp³-hybridized carbons (Fsp3) is 0.333. The molecule has 128 valence electrons. The molecule has 3 aromatic rings. The van der Waals surface area contributed by atoms with Crippen molar-refractivity contribution in [1.29, 1.82) is 0 Å². The van der Waals surface area contributed by atoms with E-state index in [0.29, 0.717) is 12.5 Å². The first-order valence-electron chi connectivity index (χ1n) is 7.89. The van der Waals surface area contributed by atoms with E-state index in [9.17, 15) is 9.59 Å². The second kappa shape index (κ2) is 5.96. The van der Waals surface area contributed by atoms with Crippen LogP contribution in [0.1, 0.15) is 23.8 Å². The lowest BCUT2D eigenvalue weighted by molar-refractivity contribution is 0.0740. The first kappa shape index (κ1) is 15.2. The van der Waals surface area contributed by atoms with Gasteiger partial charge in [0.1, 0.15) is 12.0 Å². The maximum atomic E-state index is 12.8. The summed E-state index contributed by atoms with van der Waals surface area (Å²) in [6.07, 6.45) is 5.43. The molecule has 1 saturated heterocycles. The van der Waals surface area contributed by atoms with Crippen LogP contribution in [0.25, 0.3) is 5.78 Å². The Morgan fingerprint density at radius 2 is 2.12 bits per heavy atom. The fourth-order valence-corrected chi connectivity index (χ4v) is 3.05. The predicted molar refractivity (Wildman–Crippen MR) is 88.2 cm³/mol. The number of anilines is 1. The second-order valence-electron chi connectivity index (χ2n) is 5.96. The van der Waals surface area contributed by atoms with Crippen LogP contribution in [0.4, 0.5) is 5.95 Å². The van der Waals surface area contributed by atoms with E-state index in [4.69, 9.17) is 0 Å². The van der Waals surface area contributed by atoms with Crippen LogP contribution in [0.3, 0.4) is 0 Å². The van der Waals surface area contributed by atoms with Gasteiger partial charge in [-0.2, -0.15) is 4.52 Å². The number of hydrogen-bond donors (Lipinski definition) is 2. The molecule has 2 unspecified atom stereocenters. The average Bonchev–Trinajstić information content (AvgIpc) is 3.22. The van der Waals surface area contributed by atoms with Crippen LogP contribution in [-0.2, 0) is 0 Å². The molecule has 0 aromatic carbocycles. The number of aromatic nitrogens is 6. The summed E-state index contributed by atoms with van der Waals surface area (Å²) in [5.41, 5.74) is -0.273. The highest BCUT2D eigenvalue weighted by Crippen LogP contribution is 2.21. The number of fused-ring (bicyclic) bond motifs is 1. The summed E-state index contributed by atoms with van der Waals surface area (Å²) >= 11 is 0. The molecule has 4 rings (SSSR count). The topological polar surface area (TPSA) is 121 Å². The van der Waals surface area contributed by atoms with Gasteiger partial charge < -0.3 is 10.2 Å². The van der Waals surface area contributed by atoms with Crippen molar-refractivity contribution >= 4 is 17.6 Å². The van der Waals surface area contributed by atoms with Crippen LogP contribution < -0.4 is 10.9 Å². The lowest BCUT2D eigenvalue weighted by Gasteiger charge is -2.20. The molecule has 2 atom stereocenters. The Kier molecular flexibility index (Phi) is 3.64. The van der Waals surface area contributed by atoms with Crippen molar-refractivity contribution in [1.82, 2.24) is 34.4 Å². The Morgan fingerprint density at radius 1 is 1.32 bits per heavy atom. The zero-order chi connectivity index (χ0) is 17.4. The highest BCUT2D eigenvalue weighted by atomic mass is 16.2. The zero-order valence-electron chi connectivity index (χ0n) is 13.5. The molecule has 3 aromatic heterocycles. The van der Waals surface area contributed by atoms with Gasteiger partial charge in [-0.15, -0.1) is 0 Å². The first-order chi connectivity index (χ1) is 12.1. The minimum Gasteiger partial charge on any atom is -0.350 e. The molecule has 10 nitrogen and oxygen atoms in total. The quantitative estimate of drug-likeness (QED) is 0.684. The summed E-state index contributed by atoms with van der Waals surface area (Å²) < 4.78 is 1.18. The van der Waals surface area contributed by atoms with Crippen LogP contribution in [0.15, 0.2) is 35.6 Å². The van der Waals surface area contributed by atoms with E-state index in [-0.39, 0.29) is 35.0 Å². The van der Waals surface area contributed by atoms with Gasteiger partial charge in [0.25, 0.3) is 17.2 Å². The first-order valence-corrected chi connectivity index (χ1v) is 7.89. The molecule has 0 spiro atoms. The Hall–Kier alpha value is -3.30. The SMILES string of the molecule is CC1CC(Nc2ncccn2)CN1C(=O)c1cc(=O)n2[nH]cnc2n1. The Bertz CT molecular complexity index is 966. The van der Waals surface area contributed by atoms with Crippen molar-refractivity contribution in [3.63, 3.8) is 0 Å². The van der Waals surface area contributed by atoms with E-state index in [1.54, 1.807) is 23.4 Å². The molecule has 0 aliphatic carbocycles. The Balaban J connectivity index is 1.54. The molecule has 4 heterocycles. The fourth-order valence-electron chi connectivity index (χ4n) is 3.05. The van der Waals surface area contributed by atoms with Crippen molar-refractivity contribution in [2.75, 3.05) is 11.9 Å². The van der Waals surface area contributed by atoms with E-state index in [2.05, 4.69) is 30.4 Å². The summed E-state index contributed by atoms with van der Waals surface area (Å²) in [6, 6.07) is 3.01. The summed E-state index contributed by atoms with van der Waals surface area (Å²) in [6.45, 7) is 2.45. The van der Waals surface area contributed by atoms with Gasteiger partial charge in [-0.3, -0.25) is 14.7 Å². The molecular formula is C15H16N8O2. The van der Waals surface area contributed by atoms with Crippen molar-refractivity contribution in [2.45, 2.75) is 25.4 Å². The summed E-state index contributed by atoms with van der Waals surface area (Å²) in [5, 5.41) is 5.87. The number of carbonyl (C=O) groups is 1. The number of nitrogens with zero attached hydrogens (tertiary/aromatic N) is 6. The third-order valence-electron chi connectivity index (χ3n) is 4.22. The minimum atomic E-state index is -0.370. The van der Waals surface area contributed by atoms with Crippen LogP contribution in [0.5, 0.6) is 0 Å². The van der Waals surface area contributed by atoms with Crippen LogP contribution in [0.2, 0.25) is 0 Å². The number of hydrogen-bond acceptors (Lipinski definition) is 7. The number of likely N-dealkylation sites (tertiary alicyclic amines) is 1. The van der Waals surface area contributed by atoms with Crippen LogP contribution in [0, 0.1) is 0 Å². The van der Waals surface area contributed by atoms with Gasteiger partial charge in [0.05, 0.1) is 0 Å². The van der Waals surface area contributed by atoms with Crippen LogP contribution in [-0.4, -0.2) is 59.0 Å². The highest BCUT2D eigenvalue weighted by molar-refractivity contribution is 5.93. The predicted octanol–water partition coefficient (Wildman–Crippen LogP) is -0.0773. The van der Waals surface area contributed by atoms with E-state index < -0.39 is 0 Å². The zero-order valence-corrected chi connectivity index (χ0v) is 13.5. The molecule has 0 radical (unpaired) electrons. The van der Waals surface area contributed by atoms with Gasteiger partial charge in [0.2, 0.25) is 5.95 Å². The second-order valence-corrected chi connectivity index (χ2v) is 5.96. The molecule has 0 bridgehead atoms. The molecule has 0 saturated carbocycles. The smallest absolute Gasteiger partial charge is 0.274 e. The average molecular weight is 340 g/mol. The minimum absolute atomic E-state index is 0.00754. The molecule has 1 fully saturated rings. The monoisotopic (exact) mass is 340 g/mol. The Labute approximate surface area is 141 Å². The van der Waals surface area contributed by atoms with Crippen molar-refractivity contribution < 1.29 is 4.79 Å². The Morgan fingerprint density at radius 3 is 2.92 bits per heavy atom. The number of rotatable bonds is 3. The summed E-state index contributed by atoms with van der Waals surface area (Å²) in [7, 11) is 0. The number of H-pyrrole nitrogens is 1. The van der Waals surface area contributed by atoms with Gasteiger partial charge in [-0.25, -0.2) is 19.9 Å². The molecule has 1 amide bonds. The maximum absolute atomic E-state index is 12.8. The van der Waals surface area contributed by atoms with E-state index in [1.165, 1.54) is 16.9 Å². The van der Waals surface area contributed by atoms with Crippen LogP contribution >= 0.6 is 0 Å². The number of aromatic amines is 1. The van der Waals surface area contributed by atoms with Crippen molar-refractivity contribution in [3.8, 4) is 0 Å². The third kappa shape index (κ3) is 2.82. The molecule has 10 heteroatoms. The van der Waals surface area contributed by atoms with Crippen molar-refractivity contribution in [2.24, 2.45) is 0 Å². The van der Waals surface area contributed by atoms with Gasteiger partial charge in [0.15, 0.2) is 0 Å². The highest BCUT2D eigenvalue weighted by Gasteiger charge is 2.34. The summed E-state index contributed by atoms with van der Waals surface area (Å²) in [5.74, 6) is 0.423. The number of carbonyl (C=O) groups excluding carboxylic acids is 1. The lowest BCUT2D eigenvalue weighted by Crippen LogP contribution is -2.36. The van der Waals surface area contributed by atoms with Gasteiger partial charge >= 0.3 is 0 Å². The largest absolute Gasteiger partial charge is 0.350 e. The third-order valence-corrected chi connectivity index (χ3v) is 4.22. The van der Waals surface area contributed by atoms with Gasteiger partial charge in [0, 0.05) is 37.1 Å². The number of amides is 1. The van der Waals surface area contributed by atoms with Gasteiger partial charge in [-0.1, -0.05) is 0 Å². The molecular weight excluding hydrogens is 324 g/mol. The van der Waals surface area contributed by atoms with E-state index in [0.717, 1.165) is 6.42 Å². The molecule has 1 aliphatic heterocycles. The maximum Gasteiger partial charge on any atom is 0.274 e. The molecule has 2 N–H and O–H groups in total. The molecule has 25 heavy (non-hydrogen) atoms. The molecule has 1 aliphatic rings. The lowest BCUT2D eigenvalue weighted by atomic mass is 10.2. The van der Waals surface area contributed by atoms with Crippen molar-refractivity contribution in [3.05, 3.63) is 46.9 Å². The number of nitrogens with one attached hydrogen (secondary N) is 2. The van der Waals surface area contributed by atoms with E-state index >= 15 is 0 Å². The summed E-state index contributed by atoms with van der Waals surface area (Å²) in [4.78, 5) is 42.9. The van der Waals surface area contributed by atoms with Gasteiger partial charge in [-0.05, 0) is 19.4 Å². The normalized spacial score (nSPS) is 20.1. The standard InChI is InChI=1S/C15H16N8O2/c1-9-5-10(20-14-16-3-2-4-17-14)7-22(9)13(25)11-6-12(24)23-15(21-11)18-8-19-23/h2-4,6,8-10H,5,7H2,1H3,(H,16,17,20)(H,18,19,21).